The number of amides is 2. The van der Waals surface area contributed by atoms with E-state index in [-0.39, 0.29) is 39.7 Å². The van der Waals surface area contributed by atoms with Crippen LogP contribution in [-0.4, -0.2) is 71.3 Å². The van der Waals surface area contributed by atoms with E-state index in [2.05, 4.69) is 10.6 Å². The number of aromatic hydroxyl groups is 2. The zero-order valence-electron chi connectivity index (χ0n) is 21.4. The Balaban J connectivity index is 2.51. The molecule has 0 unspecified atom stereocenters. The largest absolute Gasteiger partial charge is 0.507 e. The van der Waals surface area contributed by atoms with Crippen molar-refractivity contribution in [3.05, 3.63) is 22.3 Å². The Morgan fingerprint density at radius 3 is 2.47 bits per heavy atom. The summed E-state index contributed by atoms with van der Waals surface area (Å²) in [5.41, 5.74) is -0.106. The van der Waals surface area contributed by atoms with Crippen molar-refractivity contribution < 1.29 is 43.6 Å². The van der Waals surface area contributed by atoms with Crippen molar-refractivity contribution in [1.29, 1.82) is 0 Å². The number of carbonyl (C=O) groups excluding carboxylic acids is 4. The molecule has 4 N–H and O–H groups in total. The van der Waals surface area contributed by atoms with Crippen molar-refractivity contribution in [1.82, 2.24) is 10.6 Å². The molecule has 0 aliphatic carbocycles. The monoisotopic (exact) mass is 526 g/mol. The highest BCUT2D eigenvalue weighted by atomic mass is 32.2. The SMILES string of the molecule is CCCc1c(O)c(C)c2c(c1O)CSC[C@@H](C(=O)OC)NC(=O)[C@@H](NC(=O)OC(C)(C)C)COC2=O. The molecule has 2 amide bonds. The van der Waals surface area contributed by atoms with Crippen molar-refractivity contribution in [2.75, 3.05) is 19.5 Å². The number of hydrogen-bond acceptors (Lipinski definition) is 10. The number of hydrogen-bond donors (Lipinski definition) is 4. The summed E-state index contributed by atoms with van der Waals surface area (Å²) in [7, 11) is 1.18. The number of ether oxygens (including phenoxy) is 3. The van der Waals surface area contributed by atoms with Crippen LogP contribution in [0.1, 0.15) is 61.2 Å². The summed E-state index contributed by atoms with van der Waals surface area (Å²) in [6, 6.07) is -2.48. The van der Waals surface area contributed by atoms with E-state index >= 15 is 0 Å². The van der Waals surface area contributed by atoms with Gasteiger partial charge in [-0.25, -0.2) is 14.4 Å². The average Bonchev–Trinajstić information content (AvgIpc) is 2.79. The molecule has 0 saturated heterocycles. The minimum Gasteiger partial charge on any atom is -0.507 e. The maximum absolute atomic E-state index is 13.1. The van der Waals surface area contributed by atoms with Gasteiger partial charge in [-0.2, -0.15) is 11.8 Å². The Morgan fingerprint density at radius 1 is 1.22 bits per heavy atom. The molecule has 0 fully saturated rings. The van der Waals surface area contributed by atoms with Gasteiger partial charge >= 0.3 is 18.0 Å². The summed E-state index contributed by atoms with van der Waals surface area (Å²) in [6.07, 6.45) is 0.102. The Hall–Kier alpha value is -3.15. The van der Waals surface area contributed by atoms with Gasteiger partial charge in [0.25, 0.3) is 0 Å². The van der Waals surface area contributed by atoms with Crippen molar-refractivity contribution in [2.24, 2.45) is 0 Å². The number of thioether (sulfide) groups is 1. The molecule has 1 heterocycles. The van der Waals surface area contributed by atoms with Gasteiger partial charge in [-0.05, 0) is 34.1 Å². The van der Waals surface area contributed by atoms with E-state index in [1.54, 1.807) is 20.8 Å². The van der Waals surface area contributed by atoms with E-state index in [0.29, 0.717) is 18.4 Å². The maximum atomic E-state index is 13.1. The minimum atomic E-state index is -1.40. The molecule has 0 aromatic heterocycles. The zero-order valence-corrected chi connectivity index (χ0v) is 22.2. The van der Waals surface area contributed by atoms with Crippen LogP contribution in [0.25, 0.3) is 0 Å². The van der Waals surface area contributed by atoms with Crippen LogP contribution in [0.2, 0.25) is 0 Å². The molecule has 1 aliphatic heterocycles. The van der Waals surface area contributed by atoms with E-state index in [1.807, 2.05) is 6.92 Å². The summed E-state index contributed by atoms with van der Waals surface area (Å²) in [5.74, 6) is -2.67. The lowest BCUT2D eigenvalue weighted by Gasteiger charge is -2.26. The van der Waals surface area contributed by atoms with Gasteiger partial charge in [0.15, 0.2) is 0 Å². The Kier molecular flexibility index (Phi) is 9.85. The normalized spacial score (nSPS) is 19.1. The molecule has 36 heavy (non-hydrogen) atoms. The van der Waals surface area contributed by atoms with Gasteiger partial charge < -0.3 is 35.1 Å². The molecule has 0 saturated carbocycles. The summed E-state index contributed by atoms with van der Waals surface area (Å²) in [4.78, 5) is 50.7. The number of cyclic esters (lactones) is 1. The third kappa shape index (κ3) is 7.19. The number of alkyl carbamates (subject to hydrolysis) is 1. The lowest BCUT2D eigenvalue weighted by atomic mass is 9.94. The molecule has 1 aromatic rings. The van der Waals surface area contributed by atoms with E-state index in [9.17, 15) is 29.4 Å². The van der Waals surface area contributed by atoms with Crippen LogP contribution in [-0.2, 0) is 36.0 Å². The molecular weight excluding hydrogens is 492 g/mol. The second-order valence-corrected chi connectivity index (χ2v) is 10.3. The minimum absolute atomic E-state index is 0.0380. The molecular formula is C24H34N2O9S. The van der Waals surface area contributed by atoms with Crippen molar-refractivity contribution in [2.45, 2.75) is 70.9 Å². The van der Waals surface area contributed by atoms with Gasteiger partial charge in [0.1, 0.15) is 35.8 Å². The van der Waals surface area contributed by atoms with Crippen LogP contribution in [0, 0.1) is 6.92 Å². The fourth-order valence-corrected chi connectivity index (χ4v) is 4.67. The third-order valence-electron chi connectivity index (χ3n) is 5.32. The van der Waals surface area contributed by atoms with Gasteiger partial charge in [-0.15, -0.1) is 0 Å². The number of benzene rings is 1. The number of fused-ring (bicyclic) bond motifs is 1. The van der Waals surface area contributed by atoms with E-state index in [4.69, 9.17) is 14.2 Å². The molecule has 0 spiro atoms. The molecule has 12 heteroatoms. The number of nitrogens with one attached hydrogen (secondary N) is 2. The lowest BCUT2D eigenvalue weighted by Crippen LogP contribution is -2.55. The molecule has 200 valence electrons. The first kappa shape index (κ1) is 29.1. The first-order valence-electron chi connectivity index (χ1n) is 11.5. The van der Waals surface area contributed by atoms with Crippen LogP contribution in [0.5, 0.6) is 11.5 Å². The van der Waals surface area contributed by atoms with Gasteiger partial charge in [0, 0.05) is 28.2 Å². The number of phenols is 2. The first-order valence-corrected chi connectivity index (χ1v) is 12.6. The van der Waals surface area contributed by atoms with E-state index in [0.717, 1.165) is 0 Å². The molecule has 0 radical (unpaired) electrons. The van der Waals surface area contributed by atoms with E-state index in [1.165, 1.54) is 25.8 Å². The molecule has 1 aliphatic rings. The molecule has 1 aromatic carbocycles. The summed E-state index contributed by atoms with van der Waals surface area (Å²) >= 11 is 1.17. The Labute approximate surface area is 214 Å². The molecule has 2 rings (SSSR count). The number of esters is 2. The van der Waals surface area contributed by atoms with Crippen molar-refractivity contribution in [3.63, 3.8) is 0 Å². The summed E-state index contributed by atoms with van der Waals surface area (Å²) < 4.78 is 15.3. The highest BCUT2D eigenvalue weighted by Crippen LogP contribution is 2.40. The second-order valence-electron chi connectivity index (χ2n) is 9.30. The van der Waals surface area contributed by atoms with Crippen LogP contribution < -0.4 is 10.6 Å². The molecule has 11 nitrogen and oxygen atoms in total. The maximum Gasteiger partial charge on any atom is 0.408 e. The fourth-order valence-electron chi connectivity index (χ4n) is 3.61. The first-order chi connectivity index (χ1) is 16.8. The van der Waals surface area contributed by atoms with Gasteiger partial charge in [-0.3, -0.25) is 4.79 Å². The Bertz CT molecular complexity index is 1020. The average molecular weight is 527 g/mol. The highest BCUT2D eigenvalue weighted by molar-refractivity contribution is 7.98. The van der Waals surface area contributed by atoms with Gasteiger partial charge in [0.2, 0.25) is 5.91 Å². The van der Waals surface area contributed by atoms with Crippen molar-refractivity contribution in [3.8, 4) is 11.5 Å². The van der Waals surface area contributed by atoms with Crippen LogP contribution >= 0.6 is 11.8 Å². The van der Waals surface area contributed by atoms with E-state index < -0.39 is 48.2 Å². The highest BCUT2D eigenvalue weighted by Gasteiger charge is 2.33. The molecule has 0 bridgehead atoms. The van der Waals surface area contributed by atoms with Gasteiger partial charge in [-0.1, -0.05) is 13.3 Å². The van der Waals surface area contributed by atoms with Crippen LogP contribution in [0.4, 0.5) is 4.79 Å². The number of rotatable bonds is 4. The van der Waals surface area contributed by atoms with Crippen LogP contribution in [0.3, 0.4) is 0 Å². The zero-order chi connectivity index (χ0) is 27.2. The standard InChI is InChI=1S/C24H34N2O9S/c1-7-8-13-18(27)12(2)17-14(19(13)28)10-36-11-16(21(30)33-6)25-20(29)15(9-34-22(17)31)26-23(32)35-24(3,4)5/h15-16,27-28H,7-11H2,1-6H3,(H,25,29)(H,26,32)/t15-,16-/m0/s1. The lowest BCUT2D eigenvalue weighted by molar-refractivity contribution is -0.144. The van der Waals surface area contributed by atoms with Gasteiger partial charge in [0.05, 0.1) is 12.7 Å². The third-order valence-corrected chi connectivity index (χ3v) is 6.38. The van der Waals surface area contributed by atoms with Crippen LogP contribution in [0.15, 0.2) is 0 Å². The summed E-state index contributed by atoms with van der Waals surface area (Å²) in [6.45, 7) is 7.75. The predicted octanol–water partition coefficient (Wildman–Crippen LogP) is 2.31. The fraction of sp³-hybridized carbons (Fsp3) is 0.583. The topological polar surface area (TPSA) is 160 Å². The summed E-state index contributed by atoms with van der Waals surface area (Å²) in [5, 5.41) is 26.5. The Morgan fingerprint density at radius 2 is 1.89 bits per heavy atom. The predicted molar refractivity (Wildman–Crippen MR) is 132 cm³/mol. The quantitative estimate of drug-likeness (QED) is 0.338. The number of phenolic OH excluding ortho intramolecular Hbond substituents is 2. The molecule has 2 atom stereocenters. The number of methoxy groups -OCH3 is 1. The van der Waals surface area contributed by atoms with Crippen molar-refractivity contribution >= 4 is 35.7 Å². The smallest absolute Gasteiger partial charge is 0.408 e. The second kappa shape index (κ2) is 12.2. The number of carbonyl (C=O) groups is 4.